The molecule has 112 valence electrons. The summed E-state index contributed by atoms with van der Waals surface area (Å²) in [5.74, 6) is 0.902. The molecule has 1 amide bonds. The second-order valence-electron chi connectivity index (χ2n) is 4.87. The summed E-state index contributed by atoms with van der Waals surface area (Å²) < 4.78 is 10.6. The van der Waals surface area contributed by atoms with Gasteiger partial charge in [0.05, 0.1) is 19.5 Å². The highest BCUT2D eigenvalue weighted by Gasteiger charge is 2.28. The van der Waals surface area contributed by atoms with Crippen molar-refractivity contribution in [2.24, 2.45) is 4.99 Å². The van der Waals surface area contributed by atoms with Crippen molar-refractivity contribution in [3.8, 4) is 6.07 Å². The lowest BCUT2D eigenvalue weighted by Crippen LogP contribution is -2.36. The third-order valence-corrected chi connectivity index (χ3v) is 3.08. The molecule has 0 saturated carbocycles. The molecule has 0 N–H and O–H groups in total. The van der Waals surface area contributed by atoms with Crippen LogP contribution in [0.3, 0.4) is 0 Å². The van der Waals surface area contributed by atoms with Gasteiger partial charge < -0.3 is 19.0 Å². The lowest BCUT2D eigenvalue weighted by Gasteiger charge is -2.24. The van der Waals surface area contributed by atoms with E-state index in [-0.39, 0.29) is 6.09 Å². The fourth-order valence-corrected chi connectivity index (χ4v) is 2.13. The Kier molecular flexibility index (Phi) is 4.48. The molecular formula is C14H18N4O3. The number of amides is 1. The molecule has 21 heavy (non-hydrogen) atoms. The van der Waals surface area contributed by atoms with Gasteiger partial charge in [0.25, 0.3) is 0 Å². The number of hydrogen-bond donors (Lipinski definition) is 0. The van der Waals surface area contributed by atoms with Crippen LogP contribution in [0.15, 0.2) is 9.41 Å². The Bertz CT molecular complexity index is 598. The number of carbonyl (C=O) groups excluding carboxylic acids is 1. The molecule has 1 aliphatic heterocycles. The molecule has 2 heterocycles. The van der Waals surface area contributed by atoms with Gasteiger partial charge in [-0.1, -0.05) is 0 Å². The Morgan fingerprint density at radius 2 is 2.38 bits per heavy atom. The number of furan rings is 1. The topological polar surface area (TPSA) is 82.1 Å². The van der Waals surface area contributed by atoms with Crippen molar-refractivity contribution >= 4 is 18.3 Å². The normalized spacial score (nSPS) is 13.9. The Labute approximate surface area is 123 Å². The van der Waals surface area contributed by atoms with Gasteiger partial charge in [0.1, 0.15) is 17.4 Å². The summed E-state index contributed by atoms with van der Waals surface area (Å²) in [4.78, 5) is 19.2. The number of ether oxygens (including phenoxy) is 1. The fourth-order valence-electron chi connectivity index (χ4n) is 2.13. The van der Waals surface area contributed by atoms with Gasteiger partial charge in [0.15, 0.2) is 0 Å². The molecule has 0 aliphatic carbocycles. The molecule has 2 rings (SSSR count). The van der Waals surface area contributed by atoms with Crippen molar-refractivity contribution in [3.05, 3.63) is 16.9 Å². The number of rotatable bonds is 3. The first-order valence-corrected chi connectivity index (χ1v) is 6.73. The van der Waals surface area contributed by atoms with E-state index in [4.69, 9.17) is 9.15 Å². The molecule has 0 fully saturated rings. The van der Waals surface area contributed by atoms with Crippen LogP contribution < -0.4 is 0 Å². The van der Waals surface area contributed by atoms with Crippen molar-refractivity contribution in [2.45, 2.75) is 19.9 Å². The van der Waals surface area contributed by atoms with Gasteiger partial charge in [-0.15, -0.1) is 0 Å². The molecule has 7 heteroatoms. The molecule has 1 aliphatic rings. The van der Waals surface area contributed by atoms with E-state index in [0.29, 0.717) is 43.3 Å². The zero-order valence-corrected chi connectivity index (χ0v) is 12.4. The van der Waals surface area contributed by atoms with Crippen molar-refractivity contribution < 1.29 is 13.9 Å². The zero-order chi connectivity index (χ0) is 15.4. The van der Waals surface area contributed by atoms with Crippen molar-refractivity contribution in [3.63, 3.8) is 0 Å². The maximum atomic E-state index is 11.7. The van der Waals surface area contributed by atoms with E-state index < -0.39 is 0 Å². The van der Waals surface area contributed by atoms with Crippen LogP contribution in [-0.2, 0) is 17.7 Å². The zero-order valence-electron chi connectivity index (χ0n) is 12.4. The van der Waals surface area contributed by atoms with Crippen LogP contribution in [0.1, 0.15) is 23.8 Å². The molecule has 0 unspecified atom stereocenters. The lowest BCUT2D eigenvalue weighted by atomic mass is 10.0. The minimum absolute atomic E-state index is 0.293. The third-order valence-electron chi connectivity index (χ3n) is 3.08. The molecular weight excluding hydrogens is 272 g/mol. The lowest BCUT2D eigenvalue weighted by molar-refractivity contribution is 0.0991. The van der Waals surface area contributed by atoms with Gasteiger partial charge in [0.2, 0.25) is 5.88 Å². The fraction of sp³-hybridized carbons (Fsp3) is 0.500. The van der Waals surface area contributed by atoms with E-state index in [1.165, 1.54) is 0 Å². The Morgan fingerprint density at radius 3 is 3.00 bits per heavy atom. The van der Waals surface area contributed by atoms with Crippen LogP contribution in [0, 0.1) is 11.3 Å². The number of nitrogens with zero attached hydrogens (tertiary/aromatic N) is 4. The van der Waals surface area contributed by atoms with E-state index in [1.54, 1.807) is 23.1 Å². The summed E-state index contributed by atoms with van der Waals surface area (Å²) in [7, 11) is 3.67. The Hall–Kier alpha value is -2.49. The standard InChI is InChI=1S/C14H18N4O3/c1-4-20-14(19)18-6-5-10-11(7-15)13(16-9-17(2)3)21-12(10)8-18/h9H,4-6,8H2,1-3H3. The van der Waals surface area contributed by atoms with E-state index >= 15 is 0 Å². The van der Waals surface area contributed by atoms with Gasteiger partial charge in [-0.3, -0.25) is 0 Å². The second kappa shape index (κ2) is 6.31. The van der Waals surface area contributed by atoms with Crippen molar-refractivity contribution in [1.82, 2.24) is 9.80 Å². The first-order chi connectivity index (χ1) is 10.1. The summed E-state index contributed by atoms with van der Waals surface area (Å²) in [6.07, 6.45) is 1.78. The van der Waals surface area contributed by atoms with Gasteiger partial charge in [0, 0.05) is 26.2 Å². The van der Waals surface area contributed by atoms with Crippen LogP contribution in [0.5, 0.6) is 0 Å². The summed E-state index contributed by atoms with van der Waals surface area (Å²) in [6.45, 7) is 2.92. The Balaban J connectivity index is 2.25. The monoisotopic (exact) mass is 290 g/mol. The highest BCUT2D eigenvalue weighted by molar-refractivity contribution is 5.69. The second-order valence-corrected chi connectivity index (χ2v) is 4.87. The number of carbonyl (C=O) groups is 1. The third kappa shape index (κ3) is 3.16. The SMILES string of the molecule is CCOC(=O)N1CCc2c(oc(N=CN(C)C)c2C#N)C1. The van der Waals surface area contributed by atoms with Gasteiger partial charge >= 0.3 is 6.09 Å². The van der Waals surface area contributed by atoms with Crippen LogP contribution in [-0.4, -0.2) is 49.5 Å². The molecule has 0 saturated heterocycles. The maximum absolute atomic E-state index is 11.7. The van der Waals surface area contributed by atoms with Gasteiger partial charge in [-0.25, -0.2) is 9.79 Å². The average molecular weight is 290 g/mol. The minimum Gasteiger partial charge on any atom is -0.450 e. The van der Waals surface area contributed by atoms with Crippen LogP contribution in [0.4, 0.5) is 10.7 Å². The average Bonchev–Trinajstić information content (AvgIpc) is 2.81. The first-order valence-electron chi connectivity index (χ1n) is 6.73. The maximum Gasteiger partial charge on any atom is 0.410 e. The van der Waals surface area contributed by atoms with Crippen LogP contribution in [0.2, 0.25) is 0 Å². The highest BCUT2D eigenvalue weighted by atomic mass is 16.6. The molecule has 0 spiro atoms. The number of nitriles is 1. The molecule has 0 atom stereocenters. The number of aliphatic imine (C=N–C) groups is 1. The smallest absolute Gasteiger partial charge is 0.410 e. The summed E-state index contributed by atoms with van der Waals surface area (Å²) >= 11 is 0. The number of fused-ring (bicyclic) bond motifs is 1. The van der Waals surface area contributed by atoms with Gasteiger partial charge in [-0.2, -0.15) is 5.26 Å². The van der Waals surface area contributed by atoms with Crippen LogP contribution in [0.25, 0.3) is 0 Å². The molecule has 0 bridgehead atoms. The molecule has 0 aromatic carbocycles. The molecule has 0 radical (unpaired) electrons. The van der Waals surface area contributed by atoms with Crippen LogP contribution >= 0.6 is 0 Å². The minimum atomic E-state index is -0.364. The van der Waals surface area contributed by atoms with Crippen molar-refractivity contribution in [2.75, 3.05) is 27.2 Å². The first kappa shape index (κ1) is 14.9. The summed E-state index contributed by atoms with van der Waals surface area (Å²) in [5.41, 5.74) is 1.29. The highest BCUT2D eigenvalue weighted by Crippen LogP contribution is 2.33. The van der Waals surface area contributed by atoms with E-state index in [2.05, 4.69) is 11.1 Å². The quantitative estimate of drug-likeness (QED) is 0.627. The number of hydrogen-bond acceptors (Lipinski definition) is 5. The predicted octanol–water partition coefficient (Wildman–Crippen LogP) is 1.89. The van der Waals surface area contributed by atoms with Gasteiger partial charge in [-0.05, 0) is 13.3 Å². The Morgan fingerprint density at radius 1 is 1.62 bits per heavy atom. The molecule has 7 nitrogen and oxygen atoms in total. The van der Waals surface area contributed by atoms with E-state index in [1.807, 2.05) is 14.1 Å². The largest absolute Gasteiger partial charge is 0.450 e. The summed E-state index contributed by atoms with van der Waals surface area (Å²) in [6, 6.07) is 2.14. The van der Waals surface area contributed by atoms with E-state index in [0.717, 1.165) is 5.56 Å². The molecule has 1 aromatic rings. The summed E-state index contributed by atoms with van der Waals surface area (Å²) in [5, 5.41) is 9.29. The predicted molar refractivity (Wildman–Crippen MR) is 76.4 cm³/mol. The molecule has 1 aromatic heterocycles. The van der Waals surface area contributed by atoms with Crippen molar-refractivity contribution in [1.29, 1.82) is 5.26 Å². The van der Waals surface area contributed by atoms with E-state index in [9.17, 15) is 10.1 Å².